The molecular weight excluding hydrogens is 240 g/mol. The predicted octanol–water partition coefficient (Wildman–Crippen LogP) is 1.05. The molecule has 0 bridgehead atoms. The van der Waals surface area contributed by atoms with Gasteiger partial charge in [0, 0.05) is 12.2 Å². The fraction of sp³-hybridized carbons (Fsp3) is 0.571. The molecule has 0 fully saturated rings. The van der Waals surface area contributed by atoms with Crippen molar-refractivity contribution in [3.63, 3.8) is 0 Å². The Balaban J connectivity index is 2.19. The maximum atomic E-state index is 11.7. The molecule has 106 valence electrons. The molecule has 0 atom stereocenters. The van der Waals surface area contributed by atoms with Crippen LogP contribution in [-0.2, 0) is 11.2 Å². The molecule has 1 aromatic heterocycles. The van der Waals surface area contributed by atoms with Gasteiger partial charge in [-0.05, 0) is 38.2 Å². The van der Waals surface area contributed by atoms with Gasteiger partial charge < -0.3 is 16.0 Å². The van der Waals surface area contributed by atoms with Crippen LogP contribution in [0.4, 0.5) is 5.69 Å². The minimum Gasteiger partial charge on any atom is -0.397 e. The summed E-state index contributed by atoms with van der Waals surface area (Å²) in [7, 11) is 0. The van der Waals surface area contributed by atoms with Gasteiger partial charge in [0.05, 0.1) is 18.3 Å². The number of pyridine rings is 1. The largest absolute Gasteiger partial charge is 0.397 e. The normalized spacial score (nSPS) is 10.7. The summed E-state index contributed by atoms with van der Waals surface area (Å²) in [6, 6.07) is 3.54. The average molecular weight is 264 g/mol. The van der Waals surface area contributed by atoms with E-state index in [0.29, 0.717) is 18.7 Å². The minimum atomic E-state index is 0.0109. The lowest BCUT2D eigenvalue weighted by Crippen LogP contribution is -2.30. The Morgan fingerprint density at radius 2 is 2.11 bits per heavy atom. The SMILES string of the molecule is CCN(CC)CCCNC(=O)Cc1ccc(N)cn1. The van der Waals surface area contributed by atoms with E-state index in [9.17, 15) is 4.79 Å². The number of hydrogen-bond donors (Lipinski definition) is 2. The Kier molecular flexibility index (Phi) is 6.89. The van der Waals surface area contributed by atoms with Crippen LogP contribution >= 0.6 is 0 Å². The number of carbonyl (C=O) groups is 1. The molecule has 0 aliphatic rings. The third kappa shape index (κ3) is 6.20. The highest BCUT2D eigenvalue weighted by Crippen LogP contribution is 2.01. The average Bonchev–Trinajstić information content (AvgIpc) is 2.42. The van der Waals surface area contributed by atoms with E-state index >= 15 is 0 Å². The van der Waals surface area contributed by atoms with Gasteiger partial charge in [-0.15, -0.1) is 0 Å². The summed E-state index contributed by atoms with van der Waals surface area (Å²) in [6.07, 6.45) is 2.86. The van der Waals surface area contributed by atoms with Crippen LogP contribution in [0.1, 0.15) is 26.0 Å². The summed E-state index contributed by atoms with van der Waals surface area (Å²) >= 11 is 0. The monoisotopic (exact) mass is 264 g/mol. The zero-order chi connectivity index (χ0) is 14.1. The zero-order valence-electron chi connectivity index (χ0n) is 11.9. The molecule has 0 unspecified atom stereocenters. The molecule has 1 aromatic rings. The van der Waals surface area contributed by atoms with Crippen molar-refractivity contribution in [2.45, 2.75) is 26.7 Å². The van der Waals surface area contributed by atoms with Crippen LogP contribution in [0.25, 0.3) is 0 Å². The smallest absolute Gasteiger partial charge is 0.226 e. The van der Waals surface area contributed by atoms with Crippen LogP contribution in [0, 0.1) is 0 Å². The standard InChI is InChI=1S/C14H24N4O/c1-3-18(4-2)9-5-8-16-14(19)10-13-7-6-12(15)11-17-13/h6-7,11H,3-5,8-10,15H2,1-2H3,(H,16,19). The number of hydrogen-bond acceptors (Lipinski definition) is 4. The highest BCUT2D eigenvalue weighted by atomic mass is 16.1. The summed E-state index contributed by atoms with van der Waals surface area (Å²) in [4.78, 5) is 18.1. The lowest BCUT2D eigenvalue weighted by molar-refractivity contribution is -0.120. The number of carbonyl (C=O) groups excluding carboxylic acids is 1. The van der Waals surface area contributed by atoms with Crippen molar-refractivity contribution in [1.29, 1.82) is 0 Å². The molecule has 1 amide bonds. The molecule has 0 saturated heterocycles. The quantitative estimate of drug-likeness (QED) is 0.689. The molecule has 0 aliphatic carbocycles. The Labute approximate surface area is 115 Å². The van der Waals surface area contributed by atoms with Crippen molar-refractivity contribution in [3.8, 4) is 0 Å². The maximum absolute atomic E-state index is 11.7. The van der Waals surface area contributed by atoms with Crippen LogP contribution in [0.2, 0.25) is 0 Å². The Morgan fingerprint density at radius 3 is 2.68 bits per heavy atom. The first kappa shape index (κ1) is 15.4. The highest BCUT2D eigenvalue weighted by molar-refractivity contribution is 5.78. The predicted molar refractivity (Wildman–Crippen MR) is 77.8 cm³/mol. The highest BCUT2D eigenvalue weighted by Gasteiger charge is 2.04. The van der Waals surface area contributed by atoms with Crippen molar-refractivity contribution in [3.05, 3.63) is 24.0 Å². The van der Waals surface area contributed by atoms with E-state index in [2.05, 4.69) is 29.0 Å². The molecule has 0 radical (unpaired) electrons. The summed E-state index contributed by atoms with van der Waals surface area (Å²) in [6.45, 7) is 8.14. The number of rotatable bonds is 8. The molecule has 5 nitrogen and oxygen atoms in total. The molecule has 5 heteroatoms. The van der Waals surface area contributed by atoms with E-state index in [1.54, 1.807) is 18.3 Å². The van der Waals surface area contributed by atoms with Crippen LogP contribution in [-0.4, -0.2) is 42.0 Å². The van der Waals surface area contributed by atoms with Gasteiger partial charge in [0.15, 0.2) is 0 Å². The van der Waals surface area contributed by atoms with Crippen LogP contribution in [0.5, 0.6) is 0 Å². The fourth-order valence-corrected chi connectivity index (χ4v) is 1.84. The number of nitrogens with two attached hydrogens (primary N) is 1. The van der Waals surface area contributed by atoms with E-state index in [1.165, 1.54) is 0 Å². The van der Waals surface area contributed by atoms with Crippen LogP contribution in [0.3, 0.4) is 0 Å². The molecular formula is C14H24N4O. The van der Waals surface area contributed by atoms with Gasteiger partial charge in [-0.2, -0.15) is 0 Å². The van der Waals surface area contributed by atoms with Crippen molar-refractivity contribution >= 4 is 11.6 Å². The van der Waals surface area contributed by atoms with E-state index < -0.39 is 0 Å². The number of nitrogen functional groups attached to an aromatic ring is 1. The molecule has 0 spiro atoms. The number of aromatic nitrogens is 1. The first-order valence-electron chi connectivity index (χ1n) is 6.85. The second-order valence-corrected chi connectivity index (χ2v) is 4.49. The fourth-order valence-electron chi connectivity index (χ4n) is 1.84. The third-order valence-electron chi connectivity index (χ3n) is 3.06. The van der Waals surface area contributed by atoms with Crippen molar-refractivity contribution in [2.75, 3.05) is 31.9 Å². The lowest BCUT2D eigenvalue weighted by atomic mass is 10.2. The summed E-state index contributed by atoms with van der Waals surface area (Å²) in [5.41, 5.74) is 6.90. The van der Waals surface area contributed by atoms with Crippen molar-refractivity contribution in [1.82, 2.24) is 15.2 Å². The molecule has 19 heavy (non-hydrogen) atoms. The molecule has 1 heterocycles. The van der Waals surface area contributed by atoms with Gasteiger partial charge in [-0.25, -0.2) is 0 Å². The second-order valence-electron chi connectivity index (χ2n) is 4.49. The van der Waals surface area contributed by atoms with Gasteiger partial charge in [-0.1, -0.05) is 13.8 Å². The minimum absolute atomic E-state index is 0.0109. The topological polar surface area (TPSA) is 71.2 Å². The second kappa shape index (κ2) is 8.48. The first-order chi connectivity index (χ1) is 9.15. The number of anilines is 1. The van der Waals surface area contributed by atoms with Gasteiger partial charge in [0.25, 0.3) is 0 Å². The van der Waals surface area contributed by atoms with Gasteiger partial charge >= 0.3 is 0 Å². The van der Waals surface area contributed by atoms with Gasteiger partial charge in [0.1, 0.15) is 0 Å². The van der Waals surface area contributed by atoms with Gasteiger partial charge in [0.2, 0.25) is 5.91 Å². The van der Waals surface area contributed by atoms with Crippen molar-refractivity contribution < 1.29 is 4.79 Å². The van der Waals surface area contributed by atoms with E-state index in [0.717, 1.165) is 31.7 Å². The molecule has 0 aliphatic heterocycles. The van der Waals surface area contributed by atoms with Gasteiger partial charge in [-0.3, -0.25) is 9.78 Å². The van der Waals surface area contributed by atoms with E-state index in [1.807, 2.05) is 0 Å². The summed E-state index contributed by atoms with van der Waals surface area (Å²) in [5.74, 6) is 0.0109. The lowest BCUT2D eigenvalue weighted by Gasteiger charge is -2.17. The van der Waals surface area contributed by atoms with Crippen LogP contribution in [0.15, 0.2) is 18.3 Å². The first-order valence-corrected chi connectivity index (χ1v) is 6.85. The maximum Gasteiger partial charge on any atom is 0.226 e. The van der Waals surface area contributed by atoms with Crippen LogP contribution < -0.4 is 11.1 Å². The van der Waals surface area contributed by atoms with E-state index in [-0.39, 0.29) is 5.91 Å². The zero-order valence-corrected chi connectivity index (χ0v) is 11.9. The number of nitrogens with zero attached hydrogens (tertiary/aromatic N) is 2. The third-order valence-corrected chi connectivity index (χ3v) is 3.06. The molecule has 0 aromatic carbocycles. The van der Waals surface area contributed by atoms with E-state index in [4.69, 9.17) is 5.73 Å². The summed E-state index contributed by atoms with van der Waals surface area (Å²) < 4.78 is 0. The Bertz CT molecular complexity index is 374. The Morgan fingerprint density at radius 1 is 1.37 bits per heavy atom. The molecule has 0 saturated carbocycles. The van der Waals surface area contributed by atoms with Crippen molar-refractivity contribution in [2.24, 2.45) is 0 Å². The molecule has 1 rings (SSSR count). The number of amides is 1. The number of nitrogens with one attached hydrogen (secondary N) is 1. The summed E-state index contributed by atoms with van der Waals surface area (Å²) in [5, 5.41) is 2.91. The molecule has 3 N–H and O–H groups in total. The Hall–Kier alpha value is -1.62.